The van der Waals surface area contributed by atoms with Gasteiger partial charge in [0.25, 0.3) is 0 Å². The standard InChI is InChI=1S/C16H26N2O4/c19-15(21-17-13-7-3-1-4-8-13)11-12-16(20)22-18-14-9-5-2-6-10-14/h11-14,17-18H,1-10H2/b12-11-. The molecule has 6 nitrogen and oxygen atoms in total. The van der Waals surface area contributed by atoms with Crippen LogP contribution >= 0.6 is 0 Å². The van der Waals surface area contributed by atoms with Gasteiger partial charge in [-0.05, 0) is 25.7 Å². The van der Waals surface area contributed by atoms with E-state index in [9.17, 15) is 9.59 Å². The summed E-state index contributed by atoms with van der Waals surface area (Å²) in [7, 11) is 0. The number of carbonyl (C=O) groups is 2. The smallest absolute Gasteiger partial charge is 0.349 e. The highest BCUT2D eigenvalue weighted by molar-refractivity contribution is 5.91. The predicted octanol–water partition coefficient (Wildman–Crippen LogP) is 2.30. The summed E-state index contributed by atoms with van der Waals surface area (Å²) in [6, 6.07) is 0.456. The summed E-state index contributed by atoms with van der Waals surface area (Å²) < 4.78 is 0. The molecule has 0 heterocycles. The maximum absolute atomic E-state index is 11.5. The second-order valence-corrected chi connectivity index (χ2v) is 6.08. The van der Waals surface area contributed by atoms with Crippen molar-refractivity contribution in [2.75, 3.05) is 0 Å². The van der Waals surface area contributed by atoms with E-state index in [4.69, 9.17) is 9.68 Å². The minimum atomic E-state index is -0.583. The van der Waals surface area contributed by atoms with Crippen LogP contribution in [-0.4, -0.2) is 24.0 Å². The SMILES string of the molecule is O=C(/C=C\C(=O)ONC1CCCCC1)ONC1CCCCC1. The molecule has 2 aliphatic carbocycles. The summed E-state index contributed by atoms with van der Waals surface area (Å²) in [6.45, 7) is 0. The molecule has 0 aromatic rings. The maximum Gasteiger partial charge on any atom is 0.349 e. The fourth-order valence-electron chi connectivity index (χ4n) is 2.93. The molecule has 0 radical (unpaired) electrons. The summed E-state index contributed by atoms with van der Waals surface area (Å²) in [5, 5.41) is 0. The highest BCUT2D eigenvalue weighted by Gasteiger charge is 2.15. The van der Waals surface area contributed by atoms with Crippen molar-refractivity contribution in [3.63, 3.8) is 0 Å². The molecule has 22 heavy (non-hydrogen) atoms. The highest BCUT2D eigenvalue weighted by atomic mass is 16.7. The molecule has 2 N–H and O–H groups in total. The van der Waals surface area contributed by atoms with Crippen LogP contribution < -0.4 is 11.0 Å². The van der Waals surface area contributed by atoms with Gasteiger partial charge in [0.2, 0.25) is 0 Å². The van der Waals surface area contributed by atoms with Gasteiger partial charge in [-0.25, -0.2) is 9.59 Å². The average molecular weight is 310 g/mol. The first kappa shape index (κ1) is 17.0. The van der Waals surface area contributed by atoms with Crippen molar-refractivity contribution in [1.29, 1.82) is 0 Å². The largest absolute Gasteiger partial charge is 0.367 e. The molecule has 0 amide bonds. The fourth-order valence-corrected chi connectivity index (χ4v) is 2.93. The van der Waals surface area contributed by atoms with E-state index in [-0.39, 0.29) is 12.1 Å². The molecule has 0 unspecified atom stereocenters. The Hall–Kier alpha value is -1.40. The van der Waals surface area contributed by atoms with Gasteiger partial charge in [-0.3, -0.25) is 0 Å². The lowest BCUT2D eigenvalue weighted by Crippen LogP contribution is -2.33. The molecule has 6 heteroatoms. The maximum atomic E-state index is 11.5. The van der Waals surface area contributed by atoms with Crippen LogP contribution in [0.15, 0.2) is 12.2 Å². The number of rotatable bonds is 6. The first-order valence-electron chi connectivity index (χ1n) is 8.35. The molecule has 0 aliphatic heterocycles. The van der Waals surface area contributed by atoms with Crippen LogP contribution in [0.25, 0.3) is 0 Å². The molecular weight excluding hydrogens is 284 g/mol. The second-order valence-electron chi connectivity index (χ2n) is 6.08. The Morgan fingerprint density at radius 2 is 1.05 bits per heavy atom. The Bertz CT molecular complexity index is 350. The number of nitrogens with one attached hydrogen (secondary N) is 2. The van der Waals surface area contributed by atoms with Crippen molar-refractivity contribution in [2.24, 2.45) is 0 Å². The number of hydroxylamine groups is 2. The summed E-state index contributed by atoms with van der Waals surface area (Å²) in [6.07, 6.45) is 13.4. The molecule has 0 aromatic carbocycles. The van der Waals surface area contributed by atoms with Crippen LogP contribution in [-0.2, 0) is 19.3 Å². The van der Waals surface area contributed by atoms with Crippen LogP contribution in [0.3, 0.4) is 0 Å². The Balaban J connectivity index is 1.58. The third kappa shape index (κ3) is 6.58. The molecule has 124 valence electrons. The van der Waals surface area contributed by atoms with E-state index in [1.165, 1.54) is 12.8 Å². The zero-order valence-electron chi connectivity index (χ0n) is 13.0. The molecule has 0 bridgehead atoms. The fraction of sp³-hybridized carbons (Fsp3) is 0.750. The van der Waals surface area contributed by atoms with Crippen LogP contribution in [0.2, 0.25) is 0 Å². The van der Waals surface area contributed by atoms with E-state index >= 15 is 0 Å². The molecule has 0 atom stereocenters. The lowest BCUT2D eigenvalue weighted by atomic mass is 9.96. The Morgan fingerprint density at radius 3 is 1.41 bits per heavy atom. The van der Waals surface area contributed by atoms with Gasteiger partial charge in [0.15, 0.2) is 0 Å². The monoisotopic (exact) mass is 310 g/mol. The van der Waals surface area contributed by atoms with Crippen LogP contribution in [0.5, 0.6) is 0 Å². The summed E-state index contributed by atoms with van der Waals surface area (Å²) in [5.74, 6) is -1.17. The van der Waals surface area contributed by atoms with Crippen molar-refractivity contribution in [2.45, 2.75) is 76.3 Å². The minimum Gasteiger partial charge on any atom is -0.367 e. The normalized spacial score (nSPS) is 20.9. The molecule has 0 spiro atoms. The summed E-state index contributed by atoms with van der Waals surface area (Å²) >= 11 is 0. The van der Waals surface area contributed by atoms with Crippen molar-refractivity contribution in [3.05, 3.63) is 12.2 Å². The number of carbonyl (C=O) groups excluding carboxylic acids is 2. The highest BCUT2D eigenvalue weighted by Crippen LogP contribution is 2.18. The summed E-state index contributed by atoms with van der Waals surface area (Å²) in [5.41, 5.74) is 5.52. The van der Waals surface area contributed by atoms with Gasteiger partial charge in [-0.1, -0.05) is 38.5 Å². The van der Waals surface area contributed by atoms with Crippen molar-refractivity contribution >= 4 is 11.9 Å². The number of hydrogen-bond donors (Lipinski definition) is 2. The van der Waals surface area contributed by atoms with Crippen molar-refractivity contribution in [3.8, 4) is 0 Å². The van der Waals surface area contributed by atoms with Gasteiger partial charge in [0.1, 0.15) is 0 Å². The predicted molar refractivity (Wildman–Crippen MR) is 81.3 cm³/mol. The Morgan fingerprint density at radius 1 is 0.682 bits per heavy atom. The van der Waals surface area contributed by atoms with Crippen LogP contribution in [0.4, 0.5) is 0 Å². The molecule has 2 aliphatic rings. The molecule has 0 saturated heterocycles. The minimum absolute atomic E-state index is 0.228. The van der Waals surface area contributed by atoms with Crippen molar-refractivity contribution < 1.29 is 19.3 Å². The molecule has 2 rings (SSSR count). The van der Waals surface area contributed by atoms with Gasteiger partial charge in [0.05, 0.1) is 0 Å². The molecule has 2 saturated carbocycles. The van der Waals surface area contributed by atoms with E-state index < -0.39 is 11.9 Å². The lowest BCUT2D eigenvalue weighted by Gasteiger charge is -2.21. The van der Waals surface area contributed by atoms with Gasteiger partial charge in [-0.15, -0.1) is 11.0 Å². The van der Waals surface area contributed by atoms with Crippen molar-refractivity contribution in [1.82, 2.24) is 11.0 Å². The van der Waals surface area contributed by atoms with Gasteiger partial charge < -0.3 is 9.68 Å². The van der Waals surface area contributed by atoms with Crippen LogP contribution in [0, 0.1) is 0 Å². The third-order valence-electron chi connectivity index (χ3n) is 4.22. The molecular formula is C16H26N2O4. The van der Waals surface area contributed by atoms with Gasteiger partial charge >= 0.3 is 11.9 Å². The Kier molecular flexibility index (Phi) is 7.39. The van der Waals surface area contributed by atoms with Gasteiger partial charge in [0, 0.05) is 24.2 Å². The van der Waals surface area contributed by atoms with Gasteiger partial charge in [-0.2, -0.15) is 0 Å². The second kappa shape index (κ2) is 9.58. The van der Waals surface area contributed by atoms with E-state index in [1.807, 2.05) is 0 Å². The van der Waals surface area contributed by atoms with Crippen LogP contribution in [0.1, 0.15) is 64.2 Å². The van der Waals surface area contributed by atoms with E-state index in [0.717, 1.165) is 63.5 Å². The quantitative estimate of drug-likeness (QED) is 0.579. The first-order chi connectivity index (χ1) is 10.7. The van der Waals surface area contributed by atoms with E-state index in [1.54, 1.807) is 0 Å². The third-order valence-corrected chi connectivity index (χ3v) is 4.22. The lowest BCUT2D eigenvalue weighted by molar-refractivity contribution is -0.150. The topological polar surface area (TPSA) is 76.7 Å². The number of hydrogen-bond acceptors (Lipinski definition) is 6. The molecule has 0 aromatic heterocycles. The zero-order valence-corrected chi connectivity index (χ0v) is 13.0. The molecule has 2 fully saturated rings. The van der Waals surface area contributed by atoms with E-state index in [0.29, 0.717) is 0 Å². The summed E-state index contributed by atoms with van der Waals surface area (Å²) in [4.78, 5) is 32.8. The average Bonchev–Trinajstić information content (AvgIpc) is 2.58. The van der Waals surface area contributed by atoms with E-state index in [2.05, 4.69) is 11.0 Å². The first-order valence-corrected chi connectivity index (χ1v) is 8.35. The Labute approximate surface area is 131 Å². The zero-order chi connectivity index (χ0) is 15.6.